The first-order chi connectivity index (χ1) is 9.74. The third-order valence-electron chi connectivity index (χ3n) is 2.95. The summed E-state index contributed by atoms with van der Waals surface area (Å²) >= 11 is 13.7. The summed E-state index contributed by atoms with van der Waals surface area (Å²) in [6.07, 6.45) is 2.39. The number of aromatic nitrogens is 2. The maximum Gasteiger partial charge on any atom is 0.147 e. The highest BCUT2D eigenvalue weighted by molar-refractivity contribution is 7.17. The molecule has 0 amide bonds. The molecule has 0 radical (unpaired) electrons. The average molecular weight is 324 g/mol. The summed E-state index contributed by atoms with van der Waals surface area (Å²) in [6, 6.07) is 7.56. The molecule has 2 heterocycles. The zero-order valence-corrected chi connectivity index (χ0v) is 12.8. The Hall–Kier alpha value is -1.36. The largest absolute Gasteiger partial charge is 0.368 e. The molecule has 0 saturated heterocycles. The van der Waals surface area contributed by atoms with E-state index in [0.29, 0.717) is 10.0 Å². The predicted octanol–water partition coefficient (Wildman–Crippen LogP) is 4.65. The molecule has 0 aliphatic heterocycles. The van der Waals surface area contributed by atoms with E-state index in [9.17, 15) is 0 Å². The zero-order chi connectivity index (χ0) is 13.9. The van der Waals surface area contributed by atoms with Gasteiger partial charge in [-0.25, -0.2) is 9.97 Å². The van der Waals surface area contributed by atoms with Gasteiger partial charge in [0.05, 0.1) is 10.2 Å². The van der Waals surface area contributed by atoms with Gasteiger partial charge >= 0.3 is 0 Å². The molecule has 3 nitrogen and oxygen atoms in total. The highest BCUT2D eigenvalue weighted by Crippen LogP contribution is 2.25. The number of hydrogen-bond donors (Lipinski definition) is 1. The van der Waals surface area contributed by atoms with E-state index >= 15 is 0 Å². The van der Waals surface area contributed by atoms with Crippen LogP contribution in [-0.2, 0) is 6.42 Å². The van der Waals surface area contributed by atoms with Gasteiger partial charge in [-0.1, -0.05) is 29.3 Å². The molecule has 0 spiro atoms. The van der Waals surface area contributed by atoms with Crippen molar-refractivity contribution in [2.24, 2.45) is 0 Å². The van der Waals surface area contributed by atoms with E-state index in [0.717, 1.165) is 34.6 Å². The number of anilines is 1. The Morgan fingerprint density at radius 1 is 1.15 bits per heavy atom. The lowest BCUT2D eigenvalue weighted by atomic mass is 10.1. The molecular formula is C14H11Cl2N3S. The number of halogens is 2. The van der Waals surface area contributed by atoms with Crippen molar-refractivity contribution >= 4 is 50.6 Å². The minimum absolute atomic E-state index is 0.655. The monoisotopic (exact) mass is 323 g/mol. The molecule has 0 unspecified atom stereocenters. The number of benzene rings is 1. The van der Waals surface area contributed by atoms with Crippen LogP contribution in [0.15, 0.2) is 36.0 Å². The quantitative estimate of drug-likeness (QED) is 0.759. The Kier molecular flexibility index (Phi) is 4.05. The van der Waals surface area contributed by atoms with Crippen LogP contribution >= 0.6 is 34.5 Å². The topological polar surface area (TPSA) is 37.8 Å². The number of nitrogens with zero attached hydrogens (tertiary/aromatic N) is 2. The molecule has 3 aromatic rings. The fourth-order valence-corrected chi connectivity index (χ4v) is 3.27. The Morgan fingerprint density at radius 2 is 2.05 bits per heavy atom. The molecule has 0 bridgehead atoms. The van der Waals surface area contributed by atoms with E-state index in [2.05, 4.69) is 15.3 Å². The van der Waals surface area contributed by atoms with Gasteiger partial charge in [-0.2, -0.15) is 0 Å². The van der Waals surface area contributed by atoms with Crippen LogP contribution < -0.4 is 5.32 Å². The molecule has 0 aliphatic carbocycles. The molecule has 0 saturated carbocycles. The second-order valence-electron chi connectivity index (χ2n) is 4.27. The summed E-state index contributed by atoms with van der Waals surface area (Å²) in [6.45, 7) is 0.755. The summed E-state index contributed by atoms with van der Waals surface area (Å²) in [5.41, 5.74) is 2.04. The first-order valence-electron chi connectivity index (χ1n) is 6.10. The molecule has 1 aromatic carbocycles. The van der Waals surface area contributed by atoms with Gasteiger partial charge in [-0.05, 0) is 35.6 Å². The van der Waals surface area contributed by atoms with Crippen LogP contribution in [0.2, 0.25) is 10.0 Å². The molecular weight excluding hydrogens is 313 g/mol. The molecule has 102 valence electrons. The van der Waals surface area contributed by atoms with Crippen molar-refractivity contribution in [1.82, 2.24) is 9.97 Å². The molecule has 0 aliphatic rings. The van der Waals surface area contributed by atoms with Gasteiger partial charge in [-0.15, -0.1) is 11.3 Å². The lowest BCUT2D eigenvalue weighted by Crippen LogP contribution is -2.06. The second kappa shape index (κ2) is 5.95. The van der Waals surface area contributed by atoms with Crippen molar-refractivity contribution in [2.45, 2.75) is 6.42 Å². The Bertz CT molecular complexity index is 742. The lowest BCUT2D eigenvalue weighted by Gasteiger charge is -2.07. The van der Waals surface area contributed by atoms with E-state index in [1.54, 1.807) is 23.7 Å². The average Bonchev–Trinajstić information content (AvgIpc) is 2.90. The highest BCUT2D eigenvalue weighted by Gasteiger charge is 2.05. The van der Waals surface area contributed by atoms with Crippen LogP contribution in [0.5, 0.6) is 0 Å². The van der Waals surface area contributed by atoms with Gasteiger partial charge in [0.1, 0.15) is 12.1 Å². The minimum atomic E-state index is 0.655. The van der Waals surface area contributed by atoms with E-state index < -0.39 is 0 Å². The molecule has 1 N–H and O–H groups in total. The number of thiophene rings is 1. The maximum atomic E-state index is 6.15. The van der Waals surface area contributed by atoms with E-state index in [1.165, 1.54) is 0 Å². The maximum absolute atomic E-state index is 6.15. The lowest BCUT2D eigenvalue weighted by molar-refractivity contribution is 1.01. The Morgan fingerprint density at radius 3 is 2.90 bits per heavy atom. The van der Waals surface area contributed by atoms with Crippen LogP contribution in [0.1, 0.15) is 5.56 Å². The van der Waals surface area contributed by atoms with Gasteiger partial charge in [-0.3, -0.25) is 0 Å². The fourth-order valence-electron chi connectivity index (χ4n) is 1.95. The number of nitrogens with one attached hydrogen (secondary N) is 1. The smallest absolute Gasteiger partial charge is 0.147 e. The van der Waals surface area contributed by atoms with Crippen molar-refractivity contribution in [3.05, 3.63) is 51.6 Å². The van der Waals surface area contributed by atoms with Crippen LogP contribution in [0.25, 0.3) is 10.2 Å². The van der Waals surface area contributed by atoms with Crippen molar-refractivity contribution in [2.75, 3.05) is 11.9 Å². The van der Waals surface area contributed by atoms with Gasteiger partial charge in [0.25, 0.3) is 0 Å². The second-order valence-corrected chi connectivity index (χ2v) is 6.03. The van der Waals surface area contributed by atoms with Crippen molar-refractivity contribution in [1.29, 1.82) is 0 Å². The number of hydrogen-bond acceptors (Lipinski definition) is 4. The Labute approximate surface area is 130 Å². The van der Waals surface area contributed by atoms with Crippen molar-refractivity contribution in [3.8, 4) is 0 Å². The van der Waals surface area contributed by atoms with Gasteiger partial charge in [0, 0.05) is 16.6 Å². The van der Waals surface area contributed by atoms with Gasteiger partial charge in [0.15, 0.2) is 0 Å². The van der Waals surface area contributed by atoms with Crippen LogP contribution in [0, 0.1) is 0 Å². The summed E-state index contributed by atoms with van der Waals surface area (Å²) in [5, 5.41) is 6.70. The minimum Gasteiger partial charge on any atom is -0.368 e. The number of fused-ring (bicyclic) bond motifs is 1. The zero-order valence-electron chi connectivity index (χ0n) is 10.4. The highest BCUT2D eigenvalue weighted by atomic mass is 35.5. The van der Waals surface area contributed by atoms with E-state index in [4.69, 9.17) is 23.2 Å². The first-order valence-corrected chi connectivity index (χ1v) is 7.73. The van der Waals surface area contributed by atoms with Gasteiger partial charge in [0.2, 0.25) is 0 Å². The first kappa shape index (κ1) is 13.6. The third-order valence-corrected chi connectivity index (χ3v) is 4.44. The molecule has 6 heteroatoms. The van der Waals surface area contributed by atoms with Crippen LogP contribution in [0.3, 0.4) is 0 Å². The third kappa shape index (κ3) is 2.87. The molecule has 0 atom stereocenters. The standard InChI is InChI=1S/C14H11Cl2N3S/c15-10-2-1-9(11(16)7-10)3-5-17-14-13-12(4-6-20-13)18-8-19-14/h1-2,4,6-8H,3,5H2,(H,17,18,19). The van der Waals surface area contributed by atoms with E-state index in [-0.39, 0.29) is 0 Å². The Balaban J connectivity index is 1.69. The molecule has 2 aromatic heterocycles. The number of rotatable bonds is 4. The summed E-state index contributed by atoms with van der Waals surface area (Å²) in [7, 11) is 0. The van der Waals surface area contributed by atoms with Crippen LogP contribution in [0.4, 0.5) is 5.82 Å². The predicted molar refractivity (Wildman–Crippen MR) is 86.1 cm³/mol. The van der Waals surface area contributed by atoms with Crippen LogP contribution in [-0.4, -0.2) is 16.5 Å². The van der Waals surface area contributed by atoms with Crippen molar-refractivity contribution in [3.63, 3.8) is 0 Å². The van der Waals surface area contributed by atoms with E-state index in [1.807, 2.05) is 23.6 Å². The molecule has 20 heavy (non-hydrogen) atoms. The molecule has 3 rings (SSSR count). The molecule has 0 fully saturated rings. The van der Waals surface area contributed by atoms with Crippen molar-refractivity contribution < 1.29 is 0 Å². The normalized spacial score (nSPS) is 10.9. The fraction of sp³-hybridized carbons (Fsp3) is 0.143. The SMILES string of the molecule is Clc1ccc(CCNc2ncnc3ccsc23)c(Cl)c1. The van der Waals surface area contributed by atoms with Gasteiger partial charge < -0.3 is 5.32 Å². The summed E-state index contributed by atoms with van der Waals surface area (Å²) < 4.78 is 1.08. The summed E-state index contributed by atoms with van der Waals surface area (Å²) in [5.74, 6) is 0.870. The summed E-state index contributed by atoms with van der Waals surface area (Å²) in [4.78, 5) is 8.50.